The molecule has 186 valence electrons. The maximum atomic E-state index is 13.3. The van der Waals surface area contributed by atoms with Gasteiger partial charge in [-0.25, -0.2) is 9.67 Å². The lowest BCUT2D eigenvalue weighted by Crippen LogP contribution is -2.40. The van der Waals surface area contributed by atoms with Crippen LogP contribution in [0.25, 0.3) is 11.2 Å². The van der Waals surface area contributed by atoms with Crippen LogP contribution in [0.1, 0.15) is 72.4 Å². The van der Waals surface area contributed by atoms with E-state index in [2.05, 4.69) is 42.1 Å². The molecule has 0 aliphatic carbocycles. The zero-order valence-corrected chi connectivity index (χ0v) is 21.3. The predicted molar refractivity (Wildman–Crippen MR) is 139 cm³/mol. The molecule has 1 fully saturated rings. The summed E-state index contributed by atoms with van der Waals surface area (Å²) < 4.78 is 1.67. The Bertz CT molecular complexity index is 1460. The van der Waals surface area contributed by atoms with E-state index in [1.807, 2.05) is 54.3 Å². The fourth-order valence-electron chi connectivity index (χ4n) is 4.85. The number of H-pyrrole nitrogens is 1. The normalized spacial score (nSPS) is 16.4. The van der Waals surface area contributed by atoms with Gasteiger partial charge in [0.15, 0.2) is 11.2 Å². The van der Waals surface area contributed by atoms with Gasteiger partial charge in [-0.2, -0.15) is 0 Å². The first-order valence-electron chi connectivity index (χ1n) is 12.5. The summed E-state index contributed by atoms with van der Waals surface area (Å²) in [6.07, 6.45) is 1.69. The minimum Gasteiger partial charge on any atom is -0.338 e. The van der Waals surface area contributed by atoms with E-state index in [1.165, 1.54) is 5.56 Å². The summed E-state index contributed by atoms with van der Waals surface area (Å²) in [6, 6.07) is 16.0. The van der Waals surface area contributed by atoms with Gasteiger partial charge in [-0.05, 0) is 48.4 Å². The molecule has 1 aliphatic heterocycles. The first kappa shape index (κ1) is 23.9. The molecular formula is C28H32N6O2. The molecular weight excluding hydrogens is 452 g/mol. The highest BCUT2D eigenvalue weighted by atomic mass is 16.2. The molecule has 1 saturated heterocycles. The molecule has 36 heavy (non-hydrogen) atoms. The number of nitrogens with one attached hydrogen (secondary N) is 1. The van der Waals surface area contributed by atoms with Crippen LogP contribution in [0.15, 0.2) is 53.3 Å². The molecule has 5 rings (SSSR count). The van der Waals surface area contributed by atoms with E-state index in [0.717, 1.165) is 24.0 Å². The highest BCUT2D eigenvalue weighted by Gasteiger charge is 2.28. The number of carbonyl (C=O) groups is 1. The molecule has 1 atom stereocenters. The molecule has 2 aromatic heterocycles. The Morgan fingerprint density at radius 3 is 2.64 bits per heavy atom. The number of hydrogen-bond acceptors (Lipinski definition) is 5. The number of nitrogens with zero attached hydrogens (tertiary/aromatic N) is 5. The lowest BCUT2D eigenvalue weighted by molar-refractivity contribution is 0.0704. The van der Waals surface area contributed by atoms with Gasteiger partial charge in [0.25, 0.3) is 11.5 Å². The van der Waals surface area contributed by atoms with Crippen molar-refractivity contribution in [2.24, 2.45) is 0 Å². The van der Waals surface area contributed by atoms with Crippen molar-refractivity contribution < 1.29 is 4.79 Å². The maximum Gasteiger partial charge on any atom is 0.281 e. The third-order valence-electron chi connectivity index (χ3n) is 6.90. The van der Waals surface area contributed by atoms with Gasteiger partial charge in [0.1, 0.15) is 5.82 Å². The second kappa shape index (κ2) is 9.33. The second-order valence-electron chi connectivity index (χ2n) is 10.8. The summed E-state index contributed by atoms with van der Waals surface area (Å²) >= 11 is 0. The van der Waals surface area contributed by atoms with Gasteiger partial charge >= 0.3 is 0 Å². The van der Waals surface area contributed by atoms with Crippen LogP contribution in [0.3, 0.4) is 0 Å². The van der Waals surface area contributed by atoms with Gasteiger partial charge in [-0.15, -0.1) is 5.10 Å². The standard InChI is InChI=1S/C28H32N6O2/c1-18-7-5-8-19(15-18)16-34-25-23(31-32-34)26(35)30-24(29-25)21-9-6-14-33(17-21)27(36)20-10-12-22(13-11-20)28(2,3)4/h5,7-8,10-13,15,21H,6,9,14,16-17H2,1-4H3,(H,29,30,35). The van der Waals surface area contributed by atoms with Crippen LogP contribution in [0.2, 0.25) is 0 Å². The Labute approximate surface area is 210 Å². The Kier molecular flexibility index (Phi) is 6.20. The first-order valence-corrected chi connectivity index (χ1v) is 12.5. The summed E-state index contributed by atoms with van der Waals surface area (Å²) in [6.45, 7) is 10.2. The number of rotatable bonds is 4. The van der Waals surface area contributed by atoms with Crippen molar-refractivity contribution in [1.82, 2.24) is 29.9 Å². The lowest BCUT2D eigenvalue weighted by Gasteiger charge is -2.32. The summed E-state index contributed by atoms with van der Waals surface area (Å²) in [4.78, 5) is 35.7. The van der Waals surface area contributed by atoms with Crippen molar-refractivity contribution in [3.05, 3.63) is 87.0 Å². The Balaban J connectivity index is 1.38. The van der Waals surface area contributed by atoms with Gasteiger partial charge in [0, 0.05) is 24.6 Å². The Morgan fingerprint density at radius 2 is 1.92 bits per heavy atom. The molecule has 1 N–H and O–H groups in total. The predicted octanol–water partition coefficient (Wildman–Crippen LogP) is 4.19. The Morgan fingerprint density at radius 1 is 1.14 bits per heavy atom. The van der Waals surface area contributed by atoms with E-state index in [4.69, 9.17) is 4.98 Å². The second-order valence-corrected chi connectivity index (χ2v) is 10.8. The molecule has 0 radical (unpaired) electrons. The van der Waals surface area contributed by atoms with Crippen molar-refractivity contribution >= 4 is 17.1 Å². The molecule has 0 spiro atoms. The number of carbonyl (C=O) groups excluding carboxylic acids is 1. The van der Waals surface area contributed by atoms with Gasteiger partial charge < -0.3 is 9.88 Å². The molecule has 2 aromatic carbocycles. The van der Waals surface area contributed by atoms with Gasteiger partial charge in [-0.3, -0.25) is 9.59 Å². The number of aryl methyl sites for hydroxylation is 1. The smallest absolute Gasteiger partial charge is 0.281 e. The summed E-state index contributed by atoms with van der Waals surface area (Å²) in [5, 5.41) is 8.27. The summed E-state index contributed by atoms with van der Waals surface area (Å²) in [5.74, 6) is 0.534. The average molecular weight is 485 g/mol. The molecule has 8 heteroatoms. The first-order chi connectivity index (χ1) is 17.2. The van der Waals surface area contributed by atoms with Crippen LogP contribution >= 0.6 is 0 Å². The quantitative estimate of drug-likeness (QED) is 0.469. The van der Waals surface area contributed by atoms with Crippen molar-refractivity contribution in [3.63, 3.8) is 0 Å². The monoisotopic (exact) mass is 484 g/mol. The average Bonchev–Trinajstić information content (AvgIpc) is 3.26. The highest BCUT2D eigenvalue weighted by Crippen LogP contribution is 2.27. The van der Waals surface area contributed by atoms with Gasteiger partial charge in [-0.1, -0.05) is 67.9 Å². The minimum absolute atomic E-state index is 0.00902. The lowest BCUT2D eigenvalue weighted by atomic mass is 9.86. The number of fused-ring (bicyclic) bond motifs is 1. The van der Waals surface area contributed by atoms with Crippen molar-refractivity contribution in [2.75, 3.05) is 13.1 Å². The van der Waals surface area contributed by atoms with Gasteiger partial charge in [0.2, 0.25) is 0 Å². The van der Waals surface area contributed by atoms with E-state index in [-0.39, 0.29) is 28.3 Å². The zero-order valence-electron chi connectivity index (χ0n) is 21.3. The zero-order chi connectivity index (χ0) is 25.4. The van der Waals surface area contributed by atoms with Crippen LogP contribution in [0, 0.1) is 6.92 Å². The summed E-state index contributed by atoms with van der Waals surface area (Å²) in [7, 11) is 0. The third-order valence-corrected chi connectivity index (χ3v) is 6.90. The molecule has 0 bridgehead atoms. The molecule has 0 saturated carbocycles. The summed E-state index contributed by atoms with van der Waals surface area (Å²) in [5.41, 5.74) is 4.54. The molecule has 1 aliphatic rings. The van der Waals surface area contributed by atoms with Crippen LogP contribution in [0.4, 0.5) is 0 Å². The van der Waals surface area contributed by atoms with E-state index in [0.29, 0.717) is 36.7 Å². The largest absolute Gasteiger partial charge is 0.338 e. The fourth-order valence-corrected chi connectivity index (χ4v) is 4.85. The molecule has 3 heterocycles. The molecule has 8 nitrogen and oxygen atoms in total. The third kappa shape index (κ3) is 4.80. The highest BCUT2D eigenvalue weighted by molar-refractivity contribution is 5.94. The maximum absolute atomic E-state index is 13.3. The van der Waals surface area contributed by atoms with Crippen LogP contribution in [0.5, 0.6) is 0 Å². The number of aromatic nitrogens is 5. The minimum atomic E-state index is -0.299. The van der Waals surface area contributed by atoms with Crippen LogP contribution in [-0.4, -0.2) is 48.9 Å². The molecule has 1 unspecified atom stereocenters. The van der Waals surface area contributed by atoms with Crippen LogP contribution < -0.4 is 5.56 Å². The molecule has 4 aromatic rings. The van der Waals surface area contributed by atoms with Crippen molar-refractivity contribution in [2.45, 2.75) is 58.4 Å². The number of amides is 1. The van der Waals surface area contributed by atoms with Crippen molar-refractivity contribution in [3.8, 4) is 0 Å². The van der Waals surface area contributed by atoms with Crippen molar-refractivity contribution in [1.29, 1.82) is 0 Å². The van der Waals surface area contributed by atoms with Gasteiger partial charge in [0.05, 0.1) is 6.54 Å². The topological polar surface area (TPSA) is 96.8 Å². The van der Waals surface area contributed by atoms with E-state index in [9.17, 15) is 9.59 Å². The molecule has 1 amide bonds. The number of aromatic amines is 1. The van der Waals surface area contributed by atoms with E-state index >= 15 is 0 Å². The van der Waals surface area contributed by atoms with E-state index in [1.54, 1.807) is 4.68 Å². The number of piperidine rings is 1. The number of likely N-dealkylation sites (tertiary alicyclic amines) is 1. The SMILES string of the molecule is Cc1cccc(Cn2nnc3c(=O)[nH]c(C4CCCN(C(=O)c5ccc(C(C)(C)C)cc5)C4)nc32)c1. The fraction of sp³-hybridized carbons (Fsp3) is 0.393. The van der Waals surface area contributed by atoms with Crippen LogP contribution in [-0.2, 0) is 12.0 Å². The number of benzene rings is 2. The van der Waals surface area contributed by atoms with E-state index < -0.39 is 0 Å². The number of hydrogen-bond donors (Lipinski definition) is 1. The Hall–Kier alpha value is -3.81.